The second-order valence-corrected chi connectivity index (χ2v) is 6.31. The summed E-state index contributed by atoms with van der Waals surface area (Å²) in [4.78, 5) is 23.5. The molecule has 0 aliphatic heterocycles. The number of azo groups is 1. The third kappa shape index (κ3) is 4.68. The summed E-state index contributed by atoms with van der Waals surface area (Å²) in [5.74, 6) is -0.260. The van der Waals surface area contributed by atoms with Gasteiger partial charge in [0.05, 0.1) is 20.7 Å². The number of amides is 1. The minimum atomic E-state index is -0.604. The largest absolute Gasteiger partial charge is 0.378 e. The number of nitro groups is 1. The highest BCUT2D eigenvalue weighted by atomic mass is 35.5. The minimum absolute atomic E-state index is 0.000983. The van der Waals surface area contributed by atoms with E-state index in [0.717, 1.165) is 17.8 Å². The van der Waals surface area contributed by atoms with Crippen molar-refractivity contribution in [3.05, 3.63) is 50.5 Å². The van der Waals surface area contributed by atoms with Gasteiger partial charge < -0.3 is 10.2 Å². The van der Waals surface area contributed by atoms with E-state index in [9.17, 15) is 14.9 Å². The molecule has 2 aromatic carbocycles. The molecule has 1 N–H and O–H groups in total. The van der Waals surface area contributed by atoms with Gasteiger partial charge in [0.25, 0.3) is 5.69 Å². The van der Waals surface area contributed by atoms with Crippen LogP contribution >= 0.6 is 23.2 Å². The Balaban J connectivity index is 2.44. The van der Waals surface area contributed by atoms with Gasteiger partial charge in [0.2, 0.25) is 5.91 Å². The van der Waals surface area contributed by atoms with Crippen LogP contribution in [0, 0.1) is 10.1 Å². The molecule has 0 aromatic heterocycles. The van der Waals surface area contributed by atoms with Crippen LogP contribution in [0.4, 0.5) is 28.4 Å². The number of nitrogens with one attached hydrogen (secondary N) is 1. The highest BCUT2D eigenvalue weighted by molar-refractivity contribution is 6.39. The molecule has 0 radical (unpaired) electrons. The Morgan fingerprint density at radius 2 is 1.77 bits per heavy atom. The Kier molecular flexibility index (Phi) is 6.12. The minimum Gasteiger partial charge on any atom is -0.378 e. The Labute approximate surface area is 159 Å². The Hall–Kier alpha value is -2.71. The molecule has 0 saturated carbocycles. The lowest BCUT2D eigenvalue weighted by atomic mass is 10.2. The number of hydrogen-bond donors (Lipinski definition) is 1. The van der Waals surface area contributed by atoms with Crippen molar-refractivity contribution in [2.45, 2.75) is 6.92 Å². The van der Waals surface area contributed by atoms with Crippen LogP contribution in [0.1, 0.15) is 6.92 Å². The quantitative estimate of drug-likeness (QED) is 0.419. The fourth-order valence-electron chi connectivity index (χ4n) is 2.04. The summed E-state index contributed by atoms with van der Waals surface area (Å²) in [7, 11) is 3.73. The lowest BCUT2D eigenvalue weighted by Gasteiger charge is -2.15. The van der Waals surface area contributed by atoms with Gasteiger partial charge in [-0.25, -0.2) is 0 Å². The molecule has 8 nitrogen and oxygen atoms in total. The SMILES string of the molecule is CC(=O)Nc1cc(N(C)C)ccc1N=Nc1c(Cl)cc([N+](=O)[O-])cc1Cl. The molecule has 2 rings (SSSR count). The third-order valence-electron chi connectivity index (χ3n) is 3.28. The fourth-order valence-corrected chi connectivity index (χ4v) is 2.59. The van der Waals surface area contributed by atoms with E-state index in [1.165, 1.54) is 6.92 Å². The van der Waals surface area contributed by atoms with Crippen molar-refractivity contribution in [1.82, 2.24) is 0 Å². The number of nitro benzene ring substituents is 1. The van der Waals surface area contributed by atoms with Gasteiger partial charge in [-0.1, -0.05) is 23.2 Å². The first-order chi connectivity index (χ1) is 12.2. The number of carbonyl (C=O) groups is 1. The Bertz CT molecular complexity index is 876. The summed E-state index contributed by atoms with van der Waals surface area (Å²) in [6.45, 7) is 1.38. The molecule has 0 fully saturated rings. The maximum atomic E-state index is 11.4. The summed E-state index contributed by atoms with van der Waals surface area (Å²) in [6, 6.07) is 7.52. The summed E-state index contributed by atoms with van der Waals surface area (Å²) >= 11 is 12.0. The molecule has 0 bridgehead atoms. The molecule has 0 aliphatic carbocycles. The molecule has 0 aliphatic rings. The van der Waals surface area contributed by atoms with Crippen LogP contribution < -0.4 is 10.2 Å². The molecule has 26 heavy (non-hydrogen) atoms. The van der Waals surface area contributed by atoms with Gasteiger partial charge in [-0.2, -0.15) is 0 Å². The van der Waals surface area contributed by atoms with Gasteiger partial charge >= 0.3 is 0 Å². The van der Waals surface area contributed by atoms with Crippen molar-refractivity contribution in [2.24, 2.45) is 10.2 Å². The van der Waals surface area contributed by atoms with Crippen molar-refractivity contribution in [2.75, 3.05) is 24.3 Å². The first kappa shape index (κ1) is 19.6. The molecular weight excluding hydrogens is 381 g/mol. The van der Waals surface area contributed by atoms with Gasteiger partial charge in [0.1, 0.15) is 11.4 Å². The Morgan fingerprint density at radius 3 is 2.27 bits per heavy atom. The number of hydrogen-bond acceptors (Lipinski definition) is 6. The maximum absolute atomic E-state index is 11.4. The first-order valence-electron chi connectivity index (χ1n) is 7.33. The van der Waals surface area contributed by atoms with E-state index in [-0.39, 0.29) is 27.3 Å². The van der Waals surface area contributed by atoms with Crippen molar-refractivity contribution in [1.29, 1.82) is 0 Å². The van der Waals surface area contributed by atoms with E-state index in [1.54, 1.807) is 18.2 Å². The highest BCUT2D eigenvalue weighted by Gasteiger charge is 2.15. The zero-order valence-corrected chi connectivity index (χ0v) is 15.7. The molecule has 0 spiro atoms. The second-order valence-electron chi connectivity index (χ2n) is 5.49. The maximum Gasteiger partial charge on any atom is 0.272 e. The van der Waals surface area contributed by atoms with Crippen molar-refractivity contribution in [3.8, 4) is 0 Å². The summed E-state index contributed by atoms with van der Waals surface area (Å²) in [5, 5.41) is 21.6. The zero-order valence-electron chi connectivity index (χ0n) is 14.2. The standard InChI is InChI=1S/C16H15Cl2N5O3/c1-9(24)19-15-8-10(22(2)3)4-5-14(15)20-21-16-12(17)6-11(23(25)26)7-13(16)18/h4-8H,1-3H3,(H,19,24). The van der Waals surface area contributed by atoms with Crippen LogP contribution in [-0.4, -0.2) is 24.9 Å². The average molecular weight is 396 g/mol. The number of non-ortho nitro benzene ring substituents is 1. The predicted octanol–water partition coefficient (Wildman–Crippen LogP) is 5.34. The molecule has 2 aromatic rings. The number of benzene rings is 2. The van der Waals surface area contributed by atoms with Crippen molar-refractivity contribution >= 4 is 57.5 Å². The van der Waals surface area contributed by atoms with E-state index >= 15 is 0 Å². The van der Waals surface area contributed by atoms with Crippen LogP contribution in [0.15, 0.2) is 40.6 Å². The first-order valence-corrected chi connectivity index (χ1v) is 8.08. The number of nitrogens with zero attached hydrogens (tertiary/aromatic N) is 4. The van der Waals surface area contributed by atoms with Gasteiger partial charge in [-0.15, -0.1) is 10.2 Å². The summed E-state index contributed by atoms with van der Waals surface area (Å²) < 4.78 is 0. The van der Waals surface area contributed by atoms with E-state index in [1.807, 2.05) is 19.0 Å². The van der Waals surface area contributed by atoms with E-state index in [4.69, 9.17) is 23.2 Å². The summed E-state index contributed by atoms with van der Waals surface area (Å²) in [5.41, 5.74) is 1.56. The van der Waals surface area contributed by atoms with Crippen LogP contribution in [0.5, 0.6) is 0 Å². The van der Waals surface area contributed by atoms with Crippen LogP contribution in [0.3, 0.4) is 0 Å². The molecular formula is C16H15Cl2N5O3. The number of anilines is 2. The van der Waals surface area contributed by atoms with Crippen LogP contribution in [-0.2, 0) is 4.79 Å². The highest BCUT2D eigenvalue weighted by Crippen LogP contribution is 2.39. The average Bonchev–Trinajstić information content (AvgIpc) is 2.54. The number of halogens is 2. The molecule has 0 atom stereocenters. The fraction of sp³-hybridized carbons (Fsp3) is 0.188. The third-order valence-corrected chi connectivity index (χ3v) is 3.85. The molecule has 0 unspecified atom stereocenters. The van der Waals surface area contributed by atoms with Gasteiger partial charge in [0, 0.05) is 38.8 Å². The van der Waals surface area contributed by atoms with Crippen molar-refractivity contribution in [3.63, 3.8) is 0 Å². The monoisotopic (exact) mass is 395 g/mol. The van der Waals surface area contributed by atoms with Crippen LogP contribution in [0.2, 0.25) is 10.0 Å². The number of rotatable bonds is 5. The zero-order chi connectivity index (χ0) is 19.4. The molecule has 10 heteroatoms. The van der Waals surface area contributed by atoms with Gasteiger partial charge in [-0.3, -0.25) is 14.9 Å². The number of carbonyl (C=O) groups excluding carboxylic acids is 1. The lowest BCUT2D eigenvalue weighted by Crippen LogP contribution is -2.10. The molecule has 1 amide bonds. The Morgan fingerprint density at radius 1 is 1.15 bits per heavy atom. The smallest absolute Gasteiger partial charge is 0.272 e. The second kappa shape index (κ2) is 8.11. The van der Waals surface area contributed by atoms with Gasteiger partial charge in [-0.05, 0) is 18.2 Å². The molecule has 0 heterocycles. The van der Waals surface area contributed by atoms with E-state index < -0.39 is 4.92 Å². The normalized spacial score (nSPS) is 10.8. The van der Waals surface area contributed by atoms with E-state index in [0.29, 0.717) is 11.4 Å². The lowest BCUT2D eigenvalue weighted by molar-refractivity contribution is -0.384. The van der Waals surface area contributed by atoms with Gasteiger partial charge in [0.15, 0.2) is 0 Å². The molecule has 0 saturated heterocycles. The predicted molar refractivity (Wildman–Crippen MR) is 102 cm³/mol. The molecule has 136 valence electrons. The summed E-state index contributed by atoms with van der Waals surface area (Å²) in [6.07, 6.45) is 0. The topological polar surface area (TPSA) is 100 Å². The van der Waals surface area contributed by atoms with Crippen molar-refractivity contribution < 1.29 is 9.72 Å². The van der Waals surface area contributed by atoms with Crippen LogP contribution in [0.25, 0.3) is 0 Å². The van der Waals surface area contributed by atoms with E-state index in [2.05, 4.69) is 15.5 Å².